The Balaban J connectivity index is 1.86. The van der Waals surface area contributed by atoms with E-state index in [9.17, 15) is 19.2 Å². The van der Waals surface area contributed by atoms with Crippen LogP contribution in [0.15, 0.2) is 72.8 Å². The normalized spacial score (nSPS) is 10.6. The number of esters is 2. The van der Waals surface area contributed by atoms with Crippen LogP contribution in [0.4, 0.5) is 11.4 Å². The zero-order valence-electron chi connectivity index (χ0n) is 18.2. The topological polar surface area (TPSA) is 120 Å². The molecule has 2 rings (SSSR count). The number of ether oxygens (including phenoxy) is 3. The first-order valence-electron chi connectivity index (χ1n) is 10.1. The van der Waals surface area contributed by atoms with Crippen LogP contribution in [-0.4, -0.2) is 37.0 Å². The molecule has 0 aromatic heterocycles. The monoisotopic (exact) mass is 452 g/mol. The second-order valence-electron chi connectivity index (χ2n) is 6.30. The third-order valence-corrected chi connectivity index (χ3v) is 3.79. The van der Waals surface area contributed by atoms with Gasteiger partial charge >= 0.3 is 11.9 Å². The van der Waals surface area contributed by atoms with E-state index in [0.29, 0.717) is 22.9 Å². The predicted molar refractivity (Wildman–Crippen MR) is 122 cm³/mol. The molecule has 2 N–H and O–H groups in total. The van der Waals surface area contributed by atoms with Crippen molar-refractivity contribution >= 4 is 35.1 Å². The molecule has 9 heteroatoms. The van der Waals surface area contributed by atoms with Gasteiger partial charge in [-0.15, -0.1) is 0 Å². The van der Waals surface area contributed by atoms with E-state index in [0.717, 1.165) is 24.3 Å². The predicted octanol–water partition coefficient (Wildman–Crippen LogP) is 3.59. The first-order chi connectivity index (χ1) is 15.9. The van der Waals surface area contributed by atoms with Gasteiger partial charge in [0.2, 0.25) is 11.8 Å². The van der Waals surface area contributed by atoms with Gasteiger partial charge in [0.15, 0.2) is 0 Å². The summed E-state index contributed by atoms with van der Waals surface area (Å²) in [5, 5.41) is 5.23. The highest BCUT2D eigenvalue weighted by atomic mass is 16.5. The molecule has 9 nitrogen and oxygen atoms in total. The van der Waals surface area contributed by atoms with Crippen LogP contribution in [0.3, 0.4) is 0 Å². The molecule has 0 aliphatic carbocycles. The van der Waals surface area contributed by atoms with Gasteiger partial charge in [0, 0.05) is 35.7 Å². The lowest BCUT2D eigenvalue weighted by Gasteiger charge is -2.08. The van der Waals surface area contributed by atoms with Crippen LogP contribution >= 0.6 is 0 Å². The largest absolute Gasteiger partial charge is 0.463 e. The van der Waals surface area contributed by atoms with Crippen LogP contribution in [0.1, 0.15) is 13.8 Å². The fourth-order valence-corrected chi connectivity index (χ4v) is 2.38. The zero-order chi connectivity index (χ0) is 24.1. The number of hydrogen-bond acceptors (Lipinski definition) is 7. The van der Waals surface area contributed by atoms with Crippen molar-refractivity contribution < 1.29 is 33.4 Å². The minimum absolute atomic E-state index is 0.234. The van der Waals surface area contributed by atoms with E-state index in [2.05, 4.69) is 10.6 Å². The summed E-state index contributed by atoms with van der Waals surface area (Å²) in [7, 11) is 0. The van der Waals surface area contributed by atoms with E-state index in [1.54, 1.807) is 62.4 Å². The Morgan fingerprint density at radius 2 is 1.00 bits per heavy atom. The highest BCUT2D eigenvalue weighted by Gasteiger charge is 2.04. The van der Waals surface area contributed by atoms with E-state index in [1.807, 2.05) is 0 Å². The molecule has 0 saturated carbocycles. The fourth-order valence-electron chi connectivity index (χ4n) is 2.38. The highest BCUT2D eigenvalue weighted by Crippen LogP contribution is 2.24. The Bertz CT molecular complexity index is 942. The molecule has 0 aliphatic heterocycles. The van der Waals surface area contributed by atoms with Gasteiger partial charge in [-0.2, -0.15) is 0 Å². The van der Waals surface area contributed by atoms with Crippen LogP contribution in [0.5, 0.6) is 11.5 Å². The van der Waals surface area contributed by atoms with Gasteiger partial charge in [-0.1, -0.05) is 0 Å². The van der Waals surface area contributed by atoms with Crippen LogP contribution < -0.4 is 15.4 Å². The molecule has 172 valence electrons. The molecule has 2 aromatic carbocycles. The highest BCUT2D eigenvalue weighted by molar-refractivity contribution is 6.03. The number of amides is 2. The number of carbonyl (C=O) groups excluding carboxylic acids is 4. The third kappa shape index (κ3) is 9.52. The number of rotatable bonds is 10. The smallest absolute Gasteiger partial charge is 0.330 e. The molecular weight excluding hydrogens is 428 g/mol. The van der Waals surface area contributed by atoms with Crippen LogP contribution in [-0.2, 0) is 28.7 Å². The summed E-state index contributed by atoms with van der Waals surface area (Å²) >= 11 is 0. The molecule has 2 amide bonds. The van der Waals surface area contributed by atoms with Gasteiger partial charge in [-0.25, -0.2) is 9.59 Å². The molecule has 0 saturated heterocycles. The lowest BCUT2D eigenvalue weighted by atomic mass is 10.2. The lowest BCUT2D eigenvalue weighted by Crippen LogP contribution is -2.09. The SMILES string of the molecule is CCOC(=O)/C=C/C(=O)Nc1ccc(Oc2ccc(NC(=O)/C=C/C(=O)OCC)cc2)cc1. The quantitative estimate of drug-likeness (QED) is 0.417. The summed E-state index contributed by atoms with van der Waals surface area (Å²) in [6.07, 6.45) is 4.29. The Morgan fingerprint density at radius 1 is 0.636 bits per heavy atom. The van der Waals surface area contributed by atoms with Crippen molar-refractivity contribution in [3.63, 3.8) is 0 Å². The maximum Gasteiger partial charge on any atom is 0.330 e. The summed E-state index contributed by atoms with van der Waals surface area (Å²) in [6, 6.07) is 13.3. The van der Waals surface area contributed by atoms with Gasteiger partial charge in [0.05, 0.1) is 13.2 Å². The van der Waals surface area contributed by atoms with E-state index in [4.69, 9.17) is 14.2 Å². The van der Waals surface area contributed by atoms with Gasteiger partial charge < -0.3 is 24.8 Å². The first-order valence-corrected chi connectivity index (χ1v) is 10.1. The number of benzene rings is 2. The standard InChI is InChI=1S/C24H24N2O7/c1-3-31-23(29)15-13-21(27)25-17-5-9-19(10-6-17)33-20-11-7-18(8-12-20)26-22(28)14-16-24(30)32-4-2/h5-16H,3-4H2,1-2H3,(H,25,27)(H,26,28)/b15-13+,16-14+. The molecule has 0 aliphatic rings. The van der Waals surface area contributed by atoms with Crippen molar-refractivity contribution in [2.24, 2.45) is 0 Å². The maximum absolute atomic E-state index is 11.8. The van der Waals surface area contributed by atoms with Crippen molar-refractivity contribution in [2.45, 2.75) is 13.8 Å². The molecule has 33 heavy (non-hydrogen) atoms. The zero-order valence-corrected chi connectivity index (χ0v) is 18.2. The van der Waals surface area contributed by atoms with Crippen molar-refractivity contribution in [3.8, 4) is 11.5 Å². The molecule has 0 bridgehead atoms. The van der Waals surface area contributed by atoms with Gasteiger partial charge in [-0.3, -0.25) is 9.59 Å². The van der Waals surface area contributed by atoms with Crippen LogP contribution in [0, 0.1) is 0 Å². The summed E-state index contributed by atoms with van der Waals surface area (Å²) < 4.78 is 15.1. The molecule has 0 unspecified atom stereocenters. The van der Waals surface area contributed by atoms with Crippen molar-refractivity contribution in [1.29, 1.82) is 0 Å². The van der Waals surface area contributed by atoms with Gasteiger partial charge in [0.1, 0.15) is 11.5 Å². The molecule has 0 fully saturated rings. The van der Waals surface area contributed by atoms with Crippen molar-refractivity contribution in [3.05, 3.63) is 72.8 Å². The number of anilines is 2. The Hall–Kier alpha value is -4.40. The molecule has 0 atom stereocenters. The maximum atomic E-state index is 11.8. The summed E-state index contributed by atoms with van der Waals surface area (Å²) in [4.78, 5) is 46.1. The van der Waals surface area contributed by atoms with Crippen LogP contribution in [0.25, 0.3) is 0 Å². The second kappa shape index (κ2) is 13.1. The average Bonchev–Trinajstić information content (AvgIpc) is 2.79. The van der Waals surface area contributed by atoms with Crippen molar-refractivity contribution in [2.75, 3.05) is 23.8 Å². The van der Waals surface area contributed by atoms with Crippen molar-refractivity contribution in [1.82, 2.24) is 0 Å². The van der Waals surface area contributed by atoms with Crippen LogP contribution in [0.2, 0.25) is 0 Å². The molecule has 0 heterocycles. The van der Waals surface area contributed by atoms with Gasteiger partial charge in [-0.05, 0) is 62.4 Å². The lowest BCUT2D eigenvalue weighted by molar-refractivity contribution is -0.138. The first kappa shape index (κ1) is 24.9. The molecule has 0 radical (unpaired) electrons. The average molecular weight is 452 g/mol. The Kier molecular flexibility index (Phi) is 9.88. The molecule has 0 spiro atoms. The second-order valence-corrected chi connectivity index (χ2v) is 6.30. The minimum atomic E-state index is -0.588. The summed E-state index contributed by atoms with van der Waals surface area (Å²) in [6.45, 7) is 3.82. The third-order valence-electron chi connectivity index (χ3n) is 3.79. The van der Waals surface area contributed by atoms with E-state index < -0.39 is 23.8 Å². The van der Waals surface area contributed by atoms with E-state index >= 15 is 0 Å². The van der Waals surface area contributed by atoms with Gasteiger partial charge in [0.25, 0.3) is 0 Å². The van der Waals surface area contributed by atoms with E-state index in [-0.39, 0.29) is 13.2 Å². The number of carbonyl (C=O) groups is 4. The number of nitrogens with one attached hydrogen (secondary N) is 2. The summed E-state index contributed by atoms with van der Waals surface area (Å²) in [5.41, 5.74) is 1.05. The molecule has 2 aromatic rings. The van der Waals surface area contributed by atoms with E-state index in [1.165, 1.54) is 0 Å². The Labute approximate surface area is 191 Å². The Morgan fingerprint density at radius 3 is 1.33 bits per heavy atom. The molecular formula is C24H24N2O7. The fraction of sp³-hybridized carbons (Fsp3) is 0.167. The number of hydrogen-bond donors (Lipinski definition) is 2. The minimum Gasteiger partial charge on any atom is -0.463 e. The summed E-state index contributed by atoms with van der Waals surface area (Å²) in [5.74, 6) is -1.04.